The fourth-order valence-corrected chi connectivity index (χ4v) is 2.45. The van der Waals surface area contributed by atoms with Crippen LogP contribution in [0, 0.1) is 6.92 Å². The first-order valence-corrected chi connectivity index (χ1v) is 8.17. The molecule has 0 bridgehead atoms. The molecule has 1 amide bonds. The van der Waals surface area contributed by atoms with E-state index in [1.54, 1.807) is 14.1 Å². The molecule has 25 heavy (non-hydrogen) atoms. The van der Waals surface area contributed by atoms with Crippen molar-refractivity contribution < 1.29 is 4.79 Å². The van der Waals surface area contributed by atoms with Crippen molar-refractivity contribution in [3.8, 4) is 0 Å². The number of halogens is 1. The Morgan fingerprint density at radius 1 is 1.48 bits per heavy atom. The molecule has 0 spiro atoms. The molecule has 8 nitrogen and oxygen atoms in total. The van der Waals surface area contributed by atoms with Crippen LogP contribution in [0.3, 0.4) is 0 Å². The highest BCUT2D eigenvalue weighted by molar-refractivity contribution is 14.0. The molecule has 1 unspecified atom stereocenters. The summed E-state index contributed by atoms with van der Waals surface area (Å²) in [7, 11) is 3.44. The molecule has 2 heterocycles. The molecule has 0 radical (unpaired) electrons. The fraction of sp³-hybridized carbons (Fsp3) is 0.625. The molecule has 1 aliphatic heterocycles. The molecule has 2 rings (SSSR count). The first kappa shape index (κ1) is 21.4. The van der Waals surface area contributed by atoms with E-state index in [2.05, 4.69) is 32.3 Å². The molecule has 1 aliphatic rings. The van der Waals surface area contributed by atoms with Crippen molar-refractivity contribution in [1.29, 1.82) is 0 Å². The predicted octanol–water partition coefficient (Wildman–Crippen LogP) is 1.24. The van der Waals surface area contributed by atoms with E-state index in [4.69, 9.17) is 0 Å². The highest BCUT2D eigenvalue weighted by Gasteiger charge is 2.24. The van der Waals surface area contributed by atoms with Crippen molar-refractivity contribution in [3.05, 3.63) is 23.8 Å². The van der Waals surface area contributed by atoms with Crippen molar-refractivity contribution >= 4 is 35.8 Å². The zero-order valence-electron chi connectivity index (χ0n) is 15.4. The predicted molar refractivity (Wildman–Crippen MR) is 109 cm³/mol. The van der Waals surface area contributed by atoms with Gasteiger partial charge in [-0.05, 0) is 26.7 Å². The van der Waals surface area contributed by atoms with Crippen molar-refractivity contribution in [1.82, 2.24) is 30.3 Å². The van der Waals surface area contributed by atoms with E-state index in [0.717, 1.165) is 36.6 Å². The number of carbonyl (C=O) groups is 1. The van der Waals surface area contributed by atoms with Gasteiger partial charge in [-0.1, -0.05) is 12.2 Å². The number of nitrogens with zero attached hydrogens (tertiary/aromatic N) is 5. The molecule has 1 atom stereocenters. The average molecular weight is 461 g/mol. The number of guanidine groups is 1. The summed E-state index contributed by atoms with van der Waals surface area (Å²) in [5.41, 5.74) is 0.992. The maximum atomic E-state index is 11.8. The second kappa shape index (κ2) is 9.73. The largest absolute Gasteiger partial charge is 0.353 e. The minimum Gasteiger partial charge on any atom is -0.353 e. The van der Waals surface area contributed by atoms with Crippen LogP contribution in [0.2, 0.25) is 0 Å². The molecule has 2 N–H and O–H groups in total. The SMILES string of the molecule is C=C(C)CNC(=NCC(=O)N(C)C)NC1CCCn2nc(C)nc21.I. The van der Waals surface area contributed by atoms with Gasteiger partial charge < -0.3 is 15.5 Å². The van der Waals surface area contributed by atoms with Gasteiger partial charge in [0.2, 0.25) is 5.91 Å². The molecule has 0 aromatic carbocycles. The minimum absolute atomic E-state index is 0. The summed E-state index contributed by atoms with van der Waals surface area (Å²) < 4.78 is 1.94. The summed E-state index contributed by atoms with van der Waals surface area (Å²) in [5.74, 6) is 2.23. The molecule has 0 aliphatic carbocycles. The molecular weight excluding hydrogens is 433 g/mol. The van der Waals surface area contributed by atoms with Gasteiger partial charge in [-0.3, -0.25) is 4.79 Å². The zero-order valence-corrected chi connectivity index (χ0v) is 17.7. The number of nitrogens with one attached hydrogen (secondary N) is 2. The summed E-state index contributed by atoms with van der Waals surface area (Å²) in [6, 6.07) is 0.0331. The maximum Gasteiger partial charge on any atom is 0.243 e. The number of hydrogen-bond donors (Lipinski definition) is 2. The molecule has 1 aromatic heterocycles. The molecule has 0 saturated heterocycles. The van der Waals surface area contributed by atoms with E-state index < -0.39 is 0 Å². The number of fused-ring (bicyclic) bond motifs is 1. The normalized spacial score (nSPS) is 16.5. The minimum atomic E-state index is -0.0471. The summed E-state index contributed by atoms with van der Waals surface area (Å²) in [4.78, 5) is 22.2. The number of amides is 1. The Morgan fingerprint density at radius 3 is 2.84 bits per heavy atom. The van der Waals surface area contributed by atoms with Crippen LogP contribution < -0.4 is 10.6 Å². The van der Waals surface area contributed by atoms with Gasteiger partial charge in [-0.2, -0.15) is 5.10 Å². The fourth-order valence-electron chi connectivity index (χ4n) is 2.45. The van der Waals surface area contributed by atoms with Gasteiger partial charge in [0.1, 0.15) is 18.2 Å². The van der Waals surface area contributed by atoms with E-state index in [9.17, 15) is 4.79 Å². The third-order valence-electron chi connectivity index (χ3n) is 3.72. The smallest absolute Gasteiger partial charge is 0.243 e. The van der Waals surface area contributed by atoms with Crippen LogP contribution >= 0.6 is 24.0 Å². The highest BCUT2D eigenvalue weighted by atomic mass is 127. The number of aryl methyl sites for hydroxylation is 2. The lowest BCUT2D eigenvalue weighted by molar-refractivity contribution is -0.127. The topological polar surface area (TPSA) is 87.4 Å². The second-order valence-corrected chi connectivity index (χ2v) is 6.34. The lowest BCUT2D eigenvalue weighted by Crippen LogP contribution is -2.42. The Hall–Kier alpha value is -1.65. The Morgan fingerprint density at radius 2 is 2.20 bits per heavy atom. The first-order chi connectivity index (χ1) is 11.4. The summed E-state index contributed by atoms with van der Waals surface area (Å²) >= 11 is 0. The Labute approximate surface area is 166 Å². The summed E-state index contributed by atoms with van der Waals surface area (Å²) in [5, 5.41) is 11.0. The Bertz CT molecular complexity index is 638. The van der Waals surface area contributed by atoms with Gasteiger partial charge in [0.05, 0.1) is 6.04 Å². The molecular formula is C16H28IN7O. The van der Waals surface area contributed by atoms with Gasteiger partial charge in [0.25, 0.3) is 0 Å². The maximum absolute atomic E-state index is 11.8. The van der Waals surface area contributed by atoms with Crippen molar-refractivity contribution in [3.63, 3.8) is 0 Å². The third-order valence-corrected chi connectivity index (χ3v) is 3.72. The van der Waals surface area contributed by atoms with Crippen LogP contribution in [0.5, 0.6) is 0 Å². The highest BCUT2D eigenvalue weighted by Crippen LogP contribution is 2.22. The van der Waals surface area contributed by atoms with Crippen molar-refractivity contribution in [2.75, 3.05) is 27.2 Å². The van der Waals surface area contributed by atoms with Gasteiger partial charge in [0.15, 0.2) is 5.96 Å². The Kier molecular flexibility index (Phi) is 8.33. The molecule has 0 fully saturated rings. The number of rotatable bonds is 5. The number of aromatic nitrogens is 3. The first-order valence-electron chi connectivity index (χ1n) is 8.17. The lowest BCUT2D eigenvalue weighted by atomic mass is 10.1. The van der Waals surface area contributed by atoms with Crippen LogP contribution in [0.1, 0.15) is 37.5 Å². The standard InChI is InChI=1S/C16H27N7O.HI/c1-11(2)9-17-16(18-10-14(24)22(4)5)20-13-7-6-8-23-15(13)19-12(3)21-23;/h13H,1,6-10H2,2-5H3,(H2,17,18,20);1H. The third kappa shape index (κ3) is 6.29. The van der Waals surface area contributed by atoms with Crippen molar-refractivity contribution in [2.45, 2.75) is 39.3 Å². The Balaban J connectivity index is 0.00000312. The molecule has 140 valence electrons. The van der Waals surface area contributed by atoms with Crippen LogP contribution in [0.4, 0.5) is 0 Å². The van der Waals surface area contributed by atoms with E-state index >= 15 is 0 Å². The van der Waals surface area contributed by atoms with E-state index in [-0.39, 0.29) is 42.5 Å². The van der Waals surface area contributed by atoms with E-state index in [1.807, 2.05) is 18.5 Å². The average Bonchev–Trinajstić information content (AvgIpc) is 2.90. The van der Waals surface area contributed by atoms with Gasteiger partial charge >= 0.3 is 0 Å². The molecule has 9 heteroatoms. The molecule has 1 aromatic rings. The van der Waals surface area contributed by atoms with Gasteiger partial charge in [-0.15, -0.1) is 24.0 Å². The van der Waals surface area contributed by atoms with Gasteiger partial charge in [0, 0.05) is 27.2 Å². The van der Waals surface area contributed by atoms with E-state index in [1.165, 1.54) is 4.90 Å². The van der Waals surface area contributed by atoms with Crippen molar-refractivity contribution in [2.24, 2.45) is 4.99 Å². The van der Waals surface area contributed by atoms with Crippen LogP contribution in [-0.2, 0) is 11.3 Å². The van der Waals surface area contributed by atoms with E-state index in [0.29, 0.717) is 12.5 Å². The van der Waals surface area contributed by atoms with Crippen LogP contribution in [-0.4, -0.2) is 58.7 Å². The monoisotopic (exact) mass is 461 g/mol. The lowest BCUT2D eigenvalue weighted by Gasteiger charge is -2.25. The van der Waals surface area contributed by atoms with Crippen LogP contribution in [0.25, 0.3) is 0 Å². The zero-order chi connectivity index (χ0) is 17.7. The molecule has 0 saturated carbocycles. The number of aliphatic imine (C=N–C) groups is 1. The van der Waals surface area contributed by atoms with Crippen LogP contribution in [0.15, 0.2) is 17.1 Å². The number of carbonyl (C=O) groups excluding carboxylic acids is 1. The summed E-state index contributed by atoms with van der Waals surface area (Å²) in [6.07, 6.45) is 1.98. The summed E-state index contributed by atoms with van der Waals surface area (Å²) in [6.45, 7) is 9.31. The number of hydrogen-bond acceptors (Lipinski definition) is 4. The van der Waals surface area contributed by atoms with Gasteiger partial charge in [-0.25, -0.2) is 14.7 Å². The quantitative estimate of drug-likeness (QED) is 0.298. The second-order valence-electron chi connectivity index (χ2n) is 6.34. The number of likely N-dealkylation sites (N-methyl/N-ethyl adjacent to an activating group) is 1.